The van der Waals surface area contributed by atoms with Crippen molar-refractivity contribution in [2.45, 2.75) is 73.4 Å². The Morgan fingerprint density at radius 3 is 1.32 bits per heavy atom. The highest BCUT2D eigenvalue weighted by Crippen LogP contribution is 2.21. The average molecular weight is 619 g/mol. The molecule has 2 rings (SSSR count). The van der Waals surface area contributed by atoms with Crippen LogP contribution < -0.4 is 21.3 Å². The van der Waals surface area contributed by atoms with E-state index in [1.807, 2.05) is 0 Å². The molecule has 2 aliphatic heterocycles. The van der Waals surface area contributed by atoms with Crippen molar-refractivity contribution in [2.75, 3.05) is 50.3 Å². The summed E-state index contributed by atoms with van der Waals surface area (Å²) < 4.78 is 10.1. The zero-order valence-electron chi connectivity index (χ0n) is 22.2. The van der Waals surface area contributed by atoms with Crippen LogP contribution in [0, 0.1) is 0 Å². The second-order valence-corrected chi connectivity index (χ2v) is 11.3. The van der Waals surface area contributed by atoms with Crippen LogP contribution in [0.15, 0.2) is 0 Å². The van der Waals surface area contributed by atoms with Crippen LogP contribution in [-0.2, 0) is 19.1 Å². The molecule has 2 saturated heterocycles. The molecule has 16 nitrogen and oxygen atoms in total. The van der Waals surface area contributed by atoms with E-state index >= 15 is 0 Å². The van der Waals surface area contributed by atoms with Gasteiger partial charge < -0.3 is 71.6 Å². The Morgan fingerprint density at radius 1 is 0.675 bits per heavy atom. The van der Waals surface area contributed by atoms with E-state index in [-0.39, 0.29) is 13.1 Å². The third kappa shape index (κ3) is 9.33. The van der Waals surface area contributed by atoms with Crippen molar-refractivity contribution < 1.29 is 59.9 Å². The van der Waals surface area contributed by atoms with Crippen LogP contribution >= 0.6 is 23.5 Å². The first-order valence-corrected chi connectivity index (χ1v) is 15.5. The summed E-state index contributed by atoms with van der Waals surface area (Å²) in [5, 5.41) is 90.3. The molecule has 0 aromatic rings. The molecule has 12 N–H and O–H groups in total. The predicted molar refractivity (Wildman–Crippen MR) is 144 cm³/mol. The summed E-state index contributed by atoms with van der Waals surface area (Å²) in [6.45, 7) is -0.826. The molecule has 18 heteroatoms. The van der Waals surface area contributed by atoms with Crippen LogP contribution in [-0.4, -0.2) is 176 Å². The normalized spacial score (nSPS) is 36.0. The minimum absolute atomic E-state index is 0.215. The molecule has 0 radical (unpaired) electrons. The Balaban J connectivity index is 1.89. The molecule has 0 saturated carbocycles. The largest absolute Gasteiger partial charge is 0.394 e. The lowest BCUT2D eigenvalue weighted by atomic mass is 9.97. The number of carbonyl (C=O) groups excluding carboxylic acids is 2. The van der Waals surface area contributed by atoms with Crippen LogP contribution in [0.4, 0.5) is 0 Å². The third-order valence-electron chi connectivity index (χ3n) is 6.62. The van der Waals surface area contributed by atoms with Crippen molar-refractivity contribution in [1.82, 2.24) is 21.3 Å². The van der Waals surface area contributed by atoms with Gasteiger partial charge in [-0.05, 0) is 12.5 Å². The molecule has 2 aliphatic rings. The summed E-state index contributed by atoms with van der Waals surface area (Å²) in [5.41, 5.74) is 0. The second kappa shape index (κ2) is 17.3. The molecule has 0 aromatic carbocycles. The Hall–Kier alpha value is -0.840. The summed E-state index contributed by atoms with van der Waals surface area (Å²) >= 11 is 2.72. The number of rotatable bonds is 15. The third-order valence-corrected chi connectivity index (χ3v) is 7.96. The van der Waals surface area contributed by atoms with Crippen molar-refractivity contribution in [1.29, 1.82) is 0 Å². The maximum Gasteiger partial charge on any atom is 0.238 e. The number of hydrogen-bond acceptors (Lipinski definition) is 16. The van der Waals surface area contributed by atoms with Crippen LogP contribution in [0.1, 0.15) is 0 Å². The quantitative estimate of drug-likeness (QED) is 0.0761. The van der Waals surface area contributed by atoms with Gasteiger partial charge in [-0.1, -0.05) is 0 Å². The van der Waals surface area contributed by atoms with Crippen LogP contribution in [0.2, 0.25) is 0 Å². The van der Waals surface area contributed by atoms with Crippen molar-refractivity contribution in [3.05, 3.63) is 0 Å². The molecule has 2 fully saturated rings. The van der Waals surface area contributed by atoms with E-state index in [1.165, 1.54) is 23.5 Å². The van der Waals surface area contributed by atoms with Gasteiger partial charge in [0, 0.05) is 24.6 Å². The van der Waals surface area contributed by atoms with E-state index in [1.54, 1.807) is 12.5 Å². The van der Waals surface area contributed by atoms with Crippen LogP contribution in [0.5, 0.6) is 0 Å². The molecule has 2 amide bonds. The topological polar surface area (TPSA) is 263 Å². The fourth-order valence-corrected chi connectivity index (χ4v) is 5.52. The molecule has 0 spiro atoms. The lowest BCUT2D eigenvalue weighted by Gasteiger charge is -2.40. The molecule has 12 atom stereocenters. The number of aliphatic hydroxyl groups excluding tert-OH is 8. The second-order valence-electron chi connectivity index (χ2n) is 9.45. The van der Waals surface area contributed by atoms with Gasteiger partial charge in [0.2, 0.25) is 11.8 Å². The Morgan fingerprint density at radius 2 is 1.02 bits per heavy atom. The highest BCUT2D eigenvalue weighted by Gasteiger charge is 2.46. The smallest absolute Gasteiger partial charge is 0.238 e. The molecular formula is C22H42N4O12S2. The maximum atomic E-state index is 12.9. The molecule has 0 aliphatic carbocycles. The van der Waals surface area contributed by atoms with Crippen molar-refractivity contribution >= 4 is 35.3 Å². The lowest BCUT2D eigenvalue weighted by Crippen LogP contribution is -2.66. The van der Waals surface area contributed by atoms with Gasteiger partial charge >= 0.3 is 0 Å². The van der Waals surface area contributed by atoms with Crippen molar-refractivity contribution in [3.63, 3.8) is 0 Å². The Bertz CT molecular complexity index is 730. The monoisotopic (exact) mass is 618 g/mol. The highest BCUT2D eigenvalue weighted by atomic mass is 32.2. The zero-order valence-corrected chi connectivity index (χ0v) is 23.8. The molecular weight excluding hydrogens is 576 g/mol. The molecule has 40 heavy (non-hydrogen) atoms. The fraction of sp³-hybridized carbons (Fsp3) is 0.909. The Kier molecular flexibility index (Phi) is 15.3. The van der Waals surface area contributed by atoms with E-state index in [0.29, 0.717) is 11.5 Å². The summed E-state index contributed by atoms with van der Waals surface area (Å²) in [6, 6.07) is -4.21. The van der Waals surface area contributed by atoms with Crippen LogP contribution in [0.25, 0.3) is 0 Å². The van der Waals surface area contributed by atoms with Gasteiger partial charge in [0.25, 0.3) is 0 Å². The summed E-state index contributed by atoms with van der Waals surface area (Å²) in [6.07, 6.45) is -8.32. The molecule has 234 valence electrons. The summed E-state index contributed by atoms with van der Waals surface area (Å²) in [7, 11) is 0. The van der Waals surface area contributed by atoms with Gasteiger partial charge in [-0.15, -0.1) is 0 Å². The van der Waals surface area contributed by atoms with E-state index in [4.69, 9.17) is 9.47 Å². The average Bonchev–Trinajstić information content (AvgIpc) is 2.93. The van der Waals surface area contributed by atoms with Gasteiger partial charge in [-0.25, -0.2) is 0 Å². The Labute approximate surface area is 240 Å². The van der Waals surface area contributed by atoms with Crippen molar-refractivity contribution in [2.24, 2.45) is 0 Å². The summed E-state index contributed by atoms with van der Waals surface area (Å²) in [4.78, 5) is 25.7. The first kappa shape index (κ1) is 35.4. The number of carbonyl (C=O) groups is 2. The van der Waals surface area contributed by atoms with Crippen molar-refractivity contribution in [3.8, 4) is 0 Å². The standard InChI is InChI=1S/C22H42N4O12S2/c1-39-7-9(19(33)25-13-17(31)15(29)11(5-27)37-21(13)35)23-3-4-24-10(8-40-2)20(34)26-14-18(32)16(30)12(6-28)38-22(14)36/h9-18,21-24,27-32,35-36H,3-8H2,1-2H3,(H,25,33)(H,26,34)/t9-,10-,11+,12+,13?,14?,15+,16+,17+,18+,21?,22?/m0/s1. The van der Waals surface area contributed by atoms with E-state index in [0.717, 1.165) is 0 Å². The number of aliphatic hydroxyl groups is 8. The molecule has 0 bridgehead atoms. The number of amides is 2. The lowest BCUT2D eigenvalue weighted by molar-refractivity contribution is -0.254. The zero-order chi connectivity index (χ0) is 30.0. The minimum atomic E-state index is -1.65. The maximum absolute atomic E-state index is 12.9. The van der Waals surface area contributed by atoms with Gasteiger partial charge in [0.05, 0.1) is 25.3 Å². The minimum Gasteiger partial charge on any atom is -0.394 e. The fourth-order valence-electron chi connectivity index (χ4n) is 4.32. The SMILES string of the molecule is CSC[C@H](NCCN[C@@H](CSC)C(=O)NC1C(O)O[C@H](CO)[C@@H](O)[C@@H]1O)C(=O)NC1C(O)O[C@H](CO)[C@@H](O)[C@@H]1O. The first-order chi connectivity index (χ1) is 19.0. The molecule has 0 aromatic heterocycles. The van der Waals surface area contributed by atoms with Crippen LogP contribution in [0.3, 0.4) is 0 Å². The van der Waals surface area contributed by atoms with E-state index in [2.05, 4.69) is 21.3 Å². The van der Waals surface area contributed by atoms with E-state index < -0.39 is 98.4 Å². The molecule has 4 unspecified atom stereocenters. The number of hydrogen-bond donors (Lipinski definition) is 12. The predicted octanol–water partition coefficient (Wildman–Crippen LogP) is -6.54. The van der Waals surface area contributed by atoms with Gasteiger partial charge in [0.15, 0.2) is 12.6 Å². The number of thioether (sulfide) groups is 2. The van der Waals surface area contributed by atoms with E-state index in [9.17, 15) is 50.4 Å². The van der Waals surface area contributed by atoms with Gasteiger partial charge in [-0.2, -0.15) is 23.5 Å². The highest BCUT2D eigenvalue weighted by molar-refractivity contribution is 7.98. The van der Waals surface area contributed by atoms with Gasteiger partial charge in [0.1, 0.15) is 48.7 Å². The number of ether oxygens (including phenoxy) is 2. The number of nitrogens with one attached hydrogen (secondary N) is 4. The first-order valence-electron chi connectivity index (χ1n) is 12.7. The van der Waals surface area contributed by atoms with Gasteiger partial charge in [-0.3, -0.25) is 9.59 Å². The summed E-state index contributed by atoms with van der Waals surface area (Å²) in [5.74, 6) is -0.517. The molecule has 2 heterocycles.